The van der Waals surface area contributed by atoms with Gasteiger partial charge in [0.1, 0.15) is 6.61 Å². The maximum Gasteiger partial charge on any atom is 0.409 e. The number of halogens is 2. The molecule has 1 fully saturated rings. The van der Waals surface area contributed by atoms with Crippen LogP contribution < -0.4 is 14.2 Å². The van der Waals surface area contributed by atoms with E-state index in [9.17, 15) is 9.59 Å². The van der Waals surface area contributed by atoms with E-state index in [4.69, 9.17) is 18.9 Å². The lowest BCUT2D eigenvalue weighted by Gasteiger charge is -2.30. The fourth-order valence-corrected chi connectivity index (χ4v) is 5.32. The minimum absolute atomic E-state index is 0.0142. The van der Waals surface area contributed by atoms with Crippen LogP contribution in [0.5, 0.6) is 17.2 Å². The molecule has 4 rings (SSSR count). The molecule has 2 aromatic carbocycles. The van der Waals surface area contributed by atoms with E-state index in [0.29, 0.717) is 38.8 Å². The van der Waals surface area contributed by atoms with Gasteiger partial charge in [-0.2, -0.15) is 8.78 Å². The largest absolute Gasteiger partial charge is 0.493 e. The first kappa shape index (κ1) is 32.5. The van der Waals surface area contributed by atoms with E-state index in [1.807, 2.05) is 42.5 Å². The Morgan fingerprint density at radius 1 is 0.955 bits per heavy atom. The molecule has 0 spiro atoms. The Kier molecular flexibility index (Phi) is 11.3. The number of ether oxygens (including phenoxy) is 4. The van der Waals surface area contributed by atoms with Crippen molar-refractivity contribution in [1.82, 2.24) is 14.8 Å². The summed E-state index contributed by atoms with van der Waals surface area (Å²) in [5, 5.41) is 0. The van der Waals surface area contributed by atoms with Crippen molar-refractivity contribution in [1.29, 1.82) is 0 Å². The van der Waals surface area contributed by atoms with Crippen LogP contribution in [0.3, 0.4) is 0 Å². The van der Waals surface area contributed by atoms with Gasteiger partial charge in [0, 0.05) is 37.6 Å². The van der Waals surface area contributed by atoms with E-state index in [1.165, 1.54) is 21.3 Å². The van der Waals surface area contributed by atoms with Gasteiger partial charge in [-0.15, -0.1) is 0 Å². The van der Waals surface area contributed by atoms with E-state index in [2.05, 4.69) is 4.98 Å². The highest BCUT2D eigenvalue weighted by Gasteiger charge is 2.48. The van der Waals surface area contributed by atoms with Crippen LogP contribution in [0.1, 0.15) is 36.0 Å². The van der Waals surface area contributed by atoms with Crippen LogP contribution in [0.15, 0.2) is 67.0 Å². The number of likely N-dealkylation sites (tertiary alicyclic amines) is 1. The molecule has 1 atom stereocenters. The minimum Gasteiger partial charge on any atom is -0.493 e. The number of rotatable bonds is 14. The van der Waals surface area contributed by atoms with Crippen molar-refractivity contribution in [3.05, 3.63) is 83.7 Å². The molecule has 236 valence electrons. The predicted octanol–water partition coefficient (Wildman–Crippen LogP) is 5.50. The summed E-state index contributed by atoms with van der Waals surface area (Å²) in [5.74, 6) is -5.08. The fourth-order valence-electron chi connectivity index (χ4n) is 5.32. The van der Waals surface area contributed by atoms with Crippen LogP contribution in [-0.4, -0.2) is 80.4 Å². The zero-order valence-electron chi connectivity index (χ0n) is 25.3. The molecule has 0 bridgehead atoms. The van der Waals surface area contributed by atoms with Gasteiger partial charge < -0.3 is 28.7 Å². The number of hydrogen-bond acceptors (Lipinski definition) is 7. The van der Waals surface area contributed by atoms with E-state index in [0.717, 1.165) is 34.6 Å². The molecule has 2 amide bonds. The number of methoxy groups -OCH3 is 3. The maximum atomic E-state index is 15.6. The summed E-state index contributed by atoms with van der Waals surface area (Å²) >= 11 is 0. The topological polar surface area (TPSA) is 90.4 Å². The number of pyridine rings is 1. The lowest BCUT2D eigenvalue weighted by atomic mass is 10.0. The first-order valence-corrected chi connectivity index (χ1v) is 14.6. The van der Waals surface area contributed by atoms with E-state index in [1.54, 1.807) is 17.3 Å². The van der Waals surface area contributed by atoms with Gasteiger partial charge in [0.15, 0.2) is 11.5 Å². The molecule has 0 aliphatic carbocycles. The van der Waals surface area contributed by atoms with Crippen molar-refractivity contribution in [2.75, 3.05) is 47.6 Å². The number of aryl methyl sites for hydroxylation is 1. The monoisotopic (exact) mass is 611 g/mol. The van der Waals surface area contributed by atoms with Crippen molar-refractivity contribution < 1.29 is 37.3 Å². The van der Waals surface area contributed by atoms with Gasteiger partial charge in [-0.3, -0.25) is 9.78 Å². The highest BCUT2D eigenvalue weighted by molar-refractivity contribution is 5.86. The summed E-state index contributed by atoms with van der Waals surface area (Å²) in [6.07, 6.45) is 6.00. The summed E-state index contributed by atoms with van der Waals surface area (Å²) in [7, 11) is 3.99. The number of carbonyl (C=O) groups excluding carboxylic acids is 2. The molecule has 1 saturated heterocycles. The summed E-state index contributed by atoms with van der Waals surface area (Å²) in [4.78, 5) is 33.4. The molecule has 0 radical (unpaired) electrons. The number of nitrogens with zero attached hydrogens (tertiary/aromatic N) is 3. The second-order valence-corrected chi connectivity index (χ2v) is 10.5. The molecule has 1 aliphatic rings. The number of hydrogen-bond donors (Lipinski definition) is 0. The van der Waals surface area contributed by atoms with E-state index >= 15 is 8.78 Å². The smallest absolute Gasteiger partial charge is 0.409 e. The Hall–Kier alpha value is -4.41. The SMILES string of the molecule is COc1cc(C(F)(F)C(=O)N2CCCC2COC(=O)N(CCCc2cccnc2)CCc2ccccc2)cc(OC)c1OC. The van der Waals surface area contributed by atoms with E-state index in [-0.39, 0.29) is 30.4 Å². The molecule has 3 aromatic rings. The average molecular weight is 612 g/mol. The number of alkyl halides is 2. The van der Waals surface area contributed by atoms with Gasteiger partial charge in [-0.1, -0.05) is 36.4 Å². The van der Waals surface area contributed by atoms with Crippen molar-refractivity contribution in [3.8, 4) is 17.2 Å². The second kappa shape index (κ2) is 15.4. The summed E-state index contributed by atoms with van der Waals surface area (Å²) in [6, 6.07) is 15.1. The molecule has 2 heterocycles. The summed E-state index contributed by atoms with van der Waals surface area (Å²) < 4.78 is 52.6. The van der Waals surface area contributed by atoms with Gasteiger partial charge in [0.05, 0.1) is 27.4 Å². The lowest BCUT2D eigenvalue weighted by Crippen LogP contribution is -2.47. The van der Waals surface area contributed by atoms with Crippen molar-refractivity contribution in [2.45, 2.75) is 44.1 Å². The molecule has 1 aromatic heterocycles. The van der Waals surface area contributed by atoms with Crippen LogP contribution >= 0.6 is 0 Å². The van der Waals surface area contributed by atoms with Gasteiger partial charge in [0.25, 0.3) is 5.91 Å². The van der Waals surface area contributed by atoms with Gasteiger partial charge in [0.2, 0.25) is 5.75 Å². The quantitative estimate of drug-likeness (QED) is 0.238. The summed E-state index contributed by atoms with van der Waals surface area (Å²) in [5.41, 5.74) is 1.57. The normalized spacial score (nSPS) is 14.7. The maximum absolute atomic E-state index is 15.6. The zero-order valence-corrected chi connectivity index (χ0v) is 25.3. The fraction of sp³-hybridized carbons (Fsp3) is 0.424. The van der Waals surface area contributed by atoms with Crippen LogP contribution in [0.25, 0.3) is 0 Å². The number of carbonyl (C=O) groups is 2. The van der Waals surface area contributed by atoms with Crippen molar-refractivity contribution >= 4 is 12.0 Å². The van der Waals surface area contributed by atoms with Gasteiger partial charge in [-0.25, -0.2) is 4.79 Å². The molecule has 0 saturated carbocycles. The number of amides is 2. The zero-order chi connectivity index (χ0) is 31.5. The molecule has 44 heavy (non-hydrogen) atoms. The number of benzene rings is 2. The van der Waals surface area contributed by atoms with Gasteiger partial charge >= 0.3 is 12.0 Å². The third-order valence-electron chi connectivity index (χ3n) is 7.72. The molecule has 0 N–H and O–H groups in total. The molecule has 11 heteroatoms. The van der Waals surface area contributed by atoms with Crippen molar-refractivity contribution in [2.24, 2.45) is 0 Å². The van der Waals surface area contributed by atoms with Crippen molar-refractivity contribution in [3.63, 3.8) is 0 Å². The highest BCUT2D eigenvalue weighted by Crippen LogP contribution is 2.43. The minimum atomic E-state index is -3.88. The predicted molar refractivity (Wildman–Crippen MR) is 160 cm³/mol. The Morgan fingerprint density at radius 3 is 2.30 bits per heavy atom. The molecular formula is C33H39F2N3O6. The average Bonchev–Trinajstić information content (AvgIpc) is 3.53. The Bertz CT molecular complexity index is 1350. The number of aromatic nitrogens is 1. The molecule has 1 unspecified atom stereocenters. The van der Waals surface area contributed by atoms with E-state index < -0.39 is 29.5 Å². The highest BCUT2D eigenvalue weighted by atomic mass is 19.3. The third-order valence-corrected chi connectivity index (χ3v) is 7.72. The Balaban J connectivity index is 1.42. The molecular weight excluding hydrogens is 572 g/mol. The molecule has 1 aliphatic heterocycles. The van der Waals surface area contributed by atoms with Crippen LogP contribution in [0, 0.1) is 0 Å². The first-order valence-electron chi connectivity index (χ1n) is 14.6. The Labute approximate surface area is 256 Å². The van der Waals surface area contributed by atoms with Crippen LogP contribution in [0.4, 0.5) is 13.6 Å². The standard InChI is InChI=1S/C33H39F2N3O6/c1-41-28-20-26(21-29(42-2)30(28)43-3)33(34,35)31(39)38-18-9-14-27(38)23-44-32(40)37(19-15-24-10-5-4-6-11-24)17-8-13-25-12-7-16-36-22-25/h4-7,10-12,16,20-22,27H,8-9,13-15,17-19,23H2,1-3H3. The lowest BCUT2D eigenvalue weighted by molar-refractivity contribution is -0.160. The van der Waals surface area contributed by atoms with Gasteiger partial charge in [-0.05, 0) is 61.4 Å². The molecule has 9 nitrogen and oxygen atoms in total. The van der Waals surface area contributed by atoms with Crippen LogP contribution in [-0.2, 0) is 28.3 Å². The third kappa shape index (κ3) is 7.94. The second-order valence-electron chi connectivity index (χ2n) is 10.5. The first-order chi connectivity index (χ1) is 21.3. The van der Waals surface area contributed by atoms with Crippen LogP contribution in [0.2, 0.25) is 0 Å². The Morgan fingerprint density at radius 2 is 1.66 bits per heavy atom. The summed E-state index contributed by atoms with van der Waals surface area (Å²) in [6.45, 7) is 0.833.